The molecule has 0 fully saturated rings. The third-order valence-corrected chi connectivity index (χ3v) is 7.36. The minimum Gasteiger partial charge on any atom is -0.306 e. The molecular weight excluding hydrogens is 446 g/mol. The molecule has 0 bridgehead atoms. The summed E-state index contributed by atoms with van der Waals surface area (Å²) < 4.78 is 13.9. The summed E-state index contributed by atoms with van der Waals surface area (Å²) in [6.07, 6.45) is 0. The van der Waals surface area contributed by atoms with Gasteiger partial charge in [-0.15, -0.1) is 0 Å². The van der Waals surface area contributed by atoms with Gasteiger partial charge in [0.1, 0.15) is 5.82 Å². The molecule has 7 heteroatoms. The average Bonchev–Trinajstić information content (AvgIpc) is 3.37. The zero-order chi connectivity index (χ0) is 23.8. The summed E-state index contributed by atoms with van der Waals surface area (Å²) >= 11 is 0. The maximum Gasteiger partial charge on any atom is 0.256 e. The van der Waals surface area contributed by atoms with Gasteiger partial charge in [-0.25, -0.2) is 4.68 Å². The van der Waals surface area contributed by atoms with Gasteiger partial charge in [0, 0.05) is 33.1 Å². The molecular formula is C27H23N3O3S. The number of nitrogens with one attached hydrogen (secondary N) is 1. The summed E-state index contributed by atoms with van der Waals surface area (Å²) in [5.74, 6) is 0.877. The van der Waals surface area contributed by atoms with E-state index in [0.717, 1.165) is 28.1 Å². The van der Waals surface area contributed by atoms with Gasteiger partial charge in [0.15, 0.2) is 5.78 Å². The van der Waals surface area contributed by atoms with E-state index in [1.165, 1.54) is 0 Å². The lowest BCUT2D eigenvalue weighted by molar-refractivity contribution is 0.101. The highest BCUT2D eigenvalue weighted by atomic mass is 32.2. The van der Waals surface area contributed by atoms with E-state index in [1.54, 1.807) is 41.1 Å². The molecule has 5 rings (SSSR count). The van der Waals surface area contributed by atoms with Crippen molar-refractivity contribution in [3.05, 3.63) is 112 Å². The topological polar surface area (TPSA) is 81.1 Å². The van der Waals surface area contributed by atoms with Gasteiger partial charge >= 0.3 is 0 Å². The van der Waals surface area contributed by atoms with Crippen molar-refractivity contribution in [2.45, 2.75) is 25.4 Å². The maximum atomic E-state index is 13.2. The van der Waals surface area contributed by atoms with Crippen molar-refractivity contribution in [3.63, 3.8) is 0 Å². The second-order valence-electron chi connectivity index (χ2n) is 8.36. The molecule has 0 spiro atoms. The van der Waals surface area contributed by atoms with Crippen molar-refractivity contribution in [1.82, 2.24) is 9.78 Å². The molecule has 0 saturated carbocycles. The number of rotatable bonds is 5. The van der Waals surface area contributed by atoms with Crippen LogP contribution in [-0.2, 0) is 22.3 Å². The molecule has 6 nitrogen and oxygen atoms in total. The Kier molecular flexibility index (Phi) is 5.71. The van der Waals surface area contributed by atoms with Crippen LogP contribution < -0.4 is 5.32 Å². The Balaban J connectivity index is 1.45. The molecule has 0 aliphatic carbocycles. The Hall–Kier alpha value is -3.84. The van der Waals surface area contributed by atoms with E-state index in [9.17, 15) is 13.8 Å². The summed E-state index contributed by atoms with van der Waals surface area (Å²) in [4.78, 5) is 25.8. The summed E-state index contributed by atoms with van der Waals surface area (Å²) in [6.45, 7) is 4.05. The van der Waals surface area contributed by atoms with Gasteiger partial charge in [0.2, 0.25) is 0 Å². The van der Waals surface area contributed by atoms with Gasteiger partial charge in [-0.1, -0.05) is 54.6 Å². The summed E-state index contributed by atoms with van der Waals surface area (Å²) in [6, 6.07) is 21.6. The van der Waals surface area contributed by atoms with Gasteiger partial charge in [0.25, 0.3) is 5.91 Å². The third-order valence-electron chi connectivity index (χ3n) is 6.15. The van der Waals surface area contributed by atoms with Crippen LogP contribution in [0.1, 0.15) is 48.7 Å². The van der Waals surface area contributed by atoms with Gasteiger partial charge in [0.05, 0.1) is 22.9 Å². The lowest BCUT2D eigenvalue weighted by Gasteiger charge is -2.14. The molecule has 170 valence electrons. The molecule has 1 N–H and O–H groups in total. The van der Waals surface area contributed by atoms with E-state index < -0.39 is 10.8 Å². The number of hydrogen-bond donors (Lipinski definition) is 1. The first kappa shape index (κ1) is 22.0. The summed E-state index contributed by atoms with van der Waals surface area (Å²) in [7, 11) is -1.02. The monoisotopic (exact) mass is 469 g/mol. The van der Waals surface area contributed by atoms with Crippen molar-refractivity contribution < 1.29 is 13.8 Å². The second kappa shape index (κ2) is 8.83. The summed E-state index contributed by atoms with van der Waals surface area (Å²) in [5, 5.41) is 7.69. The number of ketones is 1. The van der Waals surface area contributed by atoms with Crippen LogP contribution in [0.5, 0.6) is 0 Å². The smallest absolute Gasteiger partial charge is 0.256 e. The molecule has 1 aliphatic heterocycles. The first-order valence-electron chi connectivity index (χ1n) is 11.0. The fourth-order valence-electron chi connectivity index (χ4n) is 4.10. The molecule has 1 unspecified atom stereocenters. The van der Waals surface area contributed by atoms with Crippen LogP contribution in [0.25, 0.3) is 5.69 Å². The number of anilines is 1. The Bertz CT molecular complexity index is 1440. The fraction of sp³-hybridized carbons (Fsp3) is 0.148. The lowest BCUT2D eigenvalue weighted by atomic mass is 10.0. The molecule has 0 saturated heterocycles. The maximum absolute atomic E-state index is 13.2. The molecule has 1 atom stereocenters. The number of hydrogen-bond acceptors (Lipinski definition) is 4. The highest BCUT2D eigenvalue weighted by Gasteiger charge is 2.29. The zero-order valence-corrected chi connectivity index (χ0v) is 19.7. The number of carbonyl (C=O) groups excluding carboxylic acids is 2. The van der Waals surface area contributed by atoms with E-state index in [0.29, 0.717) is 34.0 Å². The largest absolute Gasteiger partial charge is 0.306 e. The molecule has 34 heavy (non-hydrogen) atoms. The van der Waals surface area contributed by atoms with Crippen LogP contribution in [0, 0.1) is 13.8 Å². The van der Waals surface area contributed by atoms with Crippen molar-refractivity contribution in [2.24, 2.45) is 0 Å². The molecule has 2 heterocycles. The lowest BCUT2D eigenvalue weighted by Crippen LogP contribution is -2.17. The van der Waals surface area contributed by atoms with Gasteiger partial charge in [-0.3, -0.25) is 13.8 Å². The average molecular weight is 470 g/mol. The van der Waals surface area contributed by atoms with Crippen molar-refractivity contribution >= 4 is 28.3 Å². The van der Waals surface area contributed by atoms with Crippen molar-refractivity contribution in [3.8, 4) is 5.69 Å². The minimum absolute atomic E-state index is 0.0964. The van der Waals surface area contributed by atoms with Crippen LogP contribution in [0.4, 0.5) is 5.82 Å². The Morgan fingerprint density at radius 1 is 0.853 bits per heavy atom. The van der Waals surface area contributed by atoms with Crippen molar-refractivity contribution in [1.29, 1.82) is 0 Å². The number of aryl methyl sites for hydroxylation is 1. The number of benzene rings is 3. The number of carbonyl (C=O) groups is 2. The molecule has 1 aromatic heterocycles. The van der Waals surface area contributed by atoms with Crippen LogP contribution in [0.15, 0.2) is 72.8 Å². The first-order chi connectivity index (χ1) is 16.4. The fourth-order valence-corrected chi connectivity index (χ4v) is 5.37. The van der Waals surface area contributed by atoms with Crippen molar-refractivity contribution in [2.75, 3.05) is 5.32 Å². The van der Waals surface area contributed by atoms with E-state index >= 15 is 0 Å². The molecule has 1 aliphatic rings. The Labute approximate surface area is 200 Å². The summed E-state index contributed by atoms with van der Waals surface area (Å²) in [5.41, 5.74) is 6.14. The van der Waals surface area contributed by atoms with Gasteiger partial charge in [-0.2, -0.15) is 5.10 Å². The highest BCUT2D eigenvalue weighted by molar-refractivity contribution is 7.83. The first-order valence-corrected chi connectivity index (χ1v) is 12.4. The Morgan fingerprint density at radius 3 is 2.26 bits per heavy atom. The van der Waals surface area contributed by atoms with E-state index in [4.69, 9.17) is 5.10 Å². The molecule has 0 radical (unpaired) electrons. The van der Waals surface area contributed by atoms with E-state index in [-0.39, 0.29) is 11.7 Å². The number of aromatic nitrogens is 2. The van der Waals surface area contributed by atoms with Gasteiger partial charge in [-0.05, 0) is 43.2 Å². The predicted molar refractivity (Wildman–Crippen MR) is 133 cm³/mol. The van der Waals surface area contributed by atoms with Crippen LogP contribution in [-0.4, -0.2) is 25.7 Å². The molecule has 3 aromatic carbocycles. The highest BCUT2D eigenvalue weighted by Crippen LogP contribution is 2.33. The minimum atomic E-state index is -1.02. The van der Waals surface area contributed by atoms with E-state index in [2.05, 4.69) is 5.32 Å². The van der Waals surface area contributed by atoms with E-state index in [1.807, 2.05) is 50.2 Å². The SMILES string of the molecule is Cc1cccc(-n2nc3c(c2NC(=O)c2ccc(C(=O)c4ccccc4)cc2)CS(=O)C3)c1C. The van der Waals surface area contributed by atoms with Gasteiger partial charge < -0.3 is 5.32 Å². The van der Waals surface area contributed by atoms with Crippen LogP contribution >= 0.6 is 0 Å². The predicted octanol–water partition coefficient (Wildman–Crippen LogP) is 4.73. The second-order valence-corrected chi connectivity index (χ2v) is 9.82. The normalized spacial score (nSPS) is 14.6. The van der Waals surface area contributed by atoms with Crippen LogP contribution in [0.3, 0.4) is 0 Å². The quantitative estimate of drug-likeness (QED) is 0.428. The zero-order valence-electron chi connectivity index (χ0n) is 18.9. The number of fused-ring (bicyclic) bond motifs is 1. The Morgan fingerprint density at radius 2 is 1.53 bits per heavy atom. The molecule has 4 aromatic rings. The van der Waals surface area contributed by atoms with Crippen LogP contribution in [0.2, 0.25) is 0 Å². The third kappa shape index (κ3) is 3.99. The number of amides is 1. The number of nitrogens with zero attached hydrogens (tertiary/aromatic N) is 2. The standard InChI is InChI=1S/C27H23N3O3S/c1-17-7-6-10-24(18(17)2)30-26(22-15-34(33)16-23(22)29-30)28-27(32)21-13-11-20(12-14-21)25(31)19-8-4-3-5-9-19/h3-14H,15-16H2,1-2H3,(H,28,32). The molecule has 1 amide bonds.